The van der Waals surface area contributed by atoms with E-state index in [4.69, 9.17) is 0 Å². The lowest BCUT2D eigenvalue weighted by atomic mass is 10.0. The van der Waals surface area contributed by atoms with Gasteiger partial charge in [-0.2, -0.15) is 0 Å². The van der Waals surface area contributed by atoms with Crippen LogP contribution in [0.3, 0.4) is 0 Å². The molecule has 1 aliphatic rings. The summed E-state index contributed by atoms with van der Waals surface area (Å²) in [6, 6.07) is 6.43. The van der Waals surface area contributed by atoms with Crippen molar-refractivity contribution in [3.8, 4) is 0 Å². The molecule has 0 aliphatic carbocycles. The maximum atomic E-state index is 13.5. The fraction of sp³-hybridized carbons (Fsp3) is 0.389. The zero-order chi connectivity index (χ0) is 17.9. The first-order chi connectivity index (χ1) is 11.3. The van der Waals surface area contributed by atoms with Gasteiger partial charge in [-0.3, -0.25) is 4.90 Å². The summed E-state index contributed by atoms with van der Waals surface area (Å²) >= 11 is 1.51. The smallest absolute Gasteiger partial charge is 0.338 e. The first-order valence-electron chi connectivity index (χ1n) is 7.81. The largest absolute Gasteiger partial charge is 0.478 e. The van der Waals surface area contributed by atoms with Gasteiger partial charge in [-0.1, -0.05) is 19.1 Å². The Labute approximate surface area is 146 Å². The molecule has 0 aromatic heterocycles. The fourth-order valence-corrected chi connectivity index (χ4v) is 3.81. The van der Waals surface area contributed by atoms with E-state index in [1.54, 1.807) is 6.07 Å². The molecule has 1 unspecified atom stereocenters. The van der Waals surface area contributed by atoms with E-state index in [1.165, 1.54) is 23.9 Å². The molecule has 4 nitrogen and oxygen atoms in total. The Balaban J connectivity index is 2.50. The summed E-state index contributed by atoms with van der Waals surface area (Å²) in [6.07, 6.45) is 1.87. The Morgan fingerprint density at radius 3 is 2.67 bits per heavy atom. The van der Waals surface area contributed by atoms with Gasteiger partial charge in [0.05, 0.1) is 10.6 Å². The van der Waals surface area contributed by atoms with Crippen LogP contribution >= 0.6 is 11.8 Å². The minimum Gasteiger partial charge on any atom is -0.478 e. The van der Waals surface area contributed by atoms with Crippen LogP contribution in [0.15, 0.2) is 46.5 Å². The Morgan fingerprint density at radius 2 is 2.12 bits per heavy atom. The highest BCUT2D eigenvalue weighted by Gasteiger charge is 2.31. The predicted molar refractivity (Wildman–Crippen MR) is 96.0 cm³/mol. The average Bonchev–Trinajstić information content (AvgIpc) is 2.49. The number of rotatable bonds is 6. The first-order valence-corrected chi connectivity index (χ1v) is 8.80. The fourth-order valence-electron chi connectivity index (χ4n) is 2.81. The van der Waals surface area contributed by atoms with E-state index in [9.17, 15) is 14.3 Å². The van der Waals surface area contributed by atoms with Crippen LogP contribution in [0.5, 0.6) is 0 Å². The minimum absolute atomic E-state index is 0.0783. The van der Waals surface area contributed by atoms with Crippen LogP contribution in [0.1, 0.15) is 19.4 Å². The molecule has 0 spiro atoms. The lowest BCUT2D eigenvalue weighted by Crippen LogP contribution is -2.45. The van der Waals surface area contributed by atoms with Crippen molar-refractivity contribution < 1.29 is 14.3 Å². The summed E-state index contributed by atoms with van der Waals surface area (Å²) in [7, 11) is 3.90. The number of halogens is 1. The van der Waals surface area contributed by atoms with Gasteiger partial charge in [-0.15, -0.1) is 11.8 Å². The number of likely N-dealkylation sites (N-methyl/N-ethyl adjacent to an activating group) is 1. The lowest BCUT2D eigenvalue weighted by molar-refractivity contribution is -0.132. The normalized spacial score (nSPS) is 18.2. The molecule has 2 rings (SSSR count). The van der Waals surface area contributed by atoms with E-state index >= 15 is 0 Å². The van der Waals surface area contributed by atoms with E-state index in [0.29, 0.717) is 12.1 Å². The van der Waals surface area contributed by atoms with Crippen molar-refractivity contribution >= 4 is 17.7 Å². The molecule has 0 saturated heterocycles. The number of hydrogen-bond acceptors (Lipinski definition) is 4. The number of benzene rings is 1. The maximum absolute atomic E-state index is 13.5. The number of nitrogens with zero attached hydrogens (tertiary/aromatic N) is 2. The number of carboxylic acids is 1. The Hall–Kier alpha value is -1.79. The second-order valence-electron chi connectivity index (χ2n) is 5.90. The molecular formula is C18H23FN2O2S. The second-order valence-corrected chi connectivity index (χ2v) is 7.16. The molecule has 0 radical (unpaired) electrons. The third-order valence-corrected chi connectivity index (χ3v) is 4.85. The van der Waals surface area contributed by atoms with Crippen molar-refractivity contribution in [3.05, 3.63) is 57.9 Å². The summed E-state index contributed by atoms with van der Waals surface area (Å²) in [4.78, 5) is 15.8. The van der Waals surface area contributed by atoms with Crippen molar-refractivity contribution in [2.45, 2.75) is 26.6 Å². The number of thioether (sulfide) groups is 1. The van der Waals surface area contributed by atoms with Crippen LogP contribution in [-0.4, -0.2) is 46.9 Å². The van der Waals surface area contributed by atoms with Crippen LogP contribution in [0.25, 0.3) is 0 Å². The van der Waals surface area contributed by atoms with Crippen LogP contribution < -0.4 is 0 Å². The number of aliphatic carboxylic acids is 1. The summed E-state index contributed by atoms with van der Waals surface area (Å²) in [5.74, 6) is -0.454. The van der Waals surface area contributed by atoms with E-state index in [1.807, 2.05) is 49.9 Å². The standard InChI is InChI=1S/C18H23FN2O2S/c1-5-24-17-16(18(22)23)12(2)9-15(20(3)4)21(17)11-13-7-6-8-14(19)10-13/h6-10,15H,5,11H2,1-4H3,(H,22,23). The average molecular weight is 350 g/mol. The predicted octanol–water partition coefficient (Wildman–Crippen LogP) is 3.52. The molecular weight excluding hydrogens is 327 g/mol. The second kappa shape index (κ2) is 7.85. The van der Waals surface area contributed by atoms with Crippen molar-refractivity contribution in [2.75, 3.05) is 19.8 Å². The molecule has 1 aromatic rings. The van der Waals surface area contributed by atoms with Crippen LogP contribution in [-0.2, 0) is 11.3 Å². The molecule has 1 aliphatic heterocycles. The Morgan fingerprint density at radius 1 is 1.42 bits per heavy atom. The van der Waals surface area contributed by atoms with E-state index in [0.717, 1.165) is 21.9 Å². The quantitative estimate of drug-likeness (QED) is 0.850. The molecule has 130 valence electrons. The molecule has 1 N–H and O–H groups in total. The maximum Gasteiger partial charge on any atom is 0.338 e. The molecule has 1 atom stereocenters. The molecule has 1 aromatic carbocycles. The van der Waals surface area contributed by atoms with Crippen LogP contribution in [0, 0.1) is 5.82 Å². The SMILES string of the molecule is CCSC1=C(C(=O)O)C(C)=CC(N(C)C)N1Cc1cccc(F)c1. The third kappa shape index (κ3) is 3.99. The molecule has 0 amide bonds. The van der Waals surface area contributed by atoms with Gasteiger partial charge >= 0.3 is 5.97 Å². The molecule has 1 heterocycles. The van der Waals surface area contributed by atoms with Gasteiger partial charge in [0.25, 0.3) is 0 Å². The van der Waals surface area contributed by atoms with Crippen molar-refractivity contribution in [3.63, 3.8) is 0 Å². The molecule has 6 heteroatoms. The zero-order valence-corrected chi connectivity index (χ0v) is 15.2. The van der Waals surface area contributed by atoms with Gasteiger partial charge < -0.3 is 10.0 Å². The van der Waals surface area contributed by atoms with Crippen LogP contribution in [0.2, 0.25) is 0 Å². The molecule has 0 fully saturated rings. The topological polar surface area (TPSA) is 43.8 Å². The number of carboxylic acid groups (broad SMARTS) is 1. The van der Waals surface area contributed by atoms with E-state index in [2.05, 4.69) is 0 Å². The summed E-state index contributed by atoms with van der Waals surface area (Å²) in [6.45, 7) is 4.27. The van der Waals surface area contributed by atoms with Gasteiger partial charge in [-0.05, 0) is 56.1 Å². The lowest BCUT2D eigenvalue weighted by Gasteiger charge is -2.41. The van der Waals surface area contributed by atoms with Crippen molar-refractivity contribution in [1.82, 2.24) is 9.80 Å². The van der Waals surface area contributed by atoms with Gasteiger partial charge in [-0.25, -0.2) is 9.18 Å². The van der Waals surface area contributed by atoms with Crippen molar-refractivity contribution in [2.24, 2.45) is 0 Å². The highest BCUT2D eigenvalue weighted by Crippen LogP contribution is 2.36. The minimum atomic E-state index is -0.929. The van der Waals surface area contributed by atoms with Gasteiger partial charge in [0.15, 0.2) is 0 Å². The summed E-state index contributed by atoms with van der Waals surface area (Å²) in [5, 5.41) is 10.4. The molecule has 0 bridgehead atoms. The summed E-state index contributed by atoms with van der Waals surface area (Å²) in [5.41, 5.74) is 1.90. The summed E-state index contributed by atoms with van der Waals surface area (Å²) < 4.78 is 13.5. The molecule has 24 heavy (non-hydrogen) atoms. The first kappa shape index (κ1) is 18.5. The van der Waals surface area contributed by atoms with E-state index < -0.39 is 5.97 Å². The van der Waals surface area contributed by atoms with Gasteiger partial charge in [0.2, 0.25) is 0 Å². The van der Waals surface area contributed by atoms with E-state index in [-0.39, 0.29) is 12.0 Å². The highest BCUT2D eigenvalue weighted by atomic mass is 32.2. The number of carbonyl (C=O) groups is 1. The van der Waals surface area contributed by atoms with Crippen LogP contribution in [0.4, 0.5) is 4.39 Å². The Kier molecular flexibility index (Phi) is 6.07. The number of hydrogen-bond donors (Lipinski definition) is 1. The zero-order valence-electron chi connectivity index (χ0n) is 14.4. The highest BCUT2D eigenvalue weighted by molar-refractivity contribution is 8.03. The Bertz CT molecular complexity index is 685. The third-order valence-electron chi connectivity index (χ3n) is 3.85. The van der Waals surface area contributed by atoms with Gasteiger partial charge in [0.1, 0.15) is 12.0 Å². The monoisotopic (exact) mass is 350 g/mol. The van der Waals surface area contributed by atoms with Gasteiger partial charge in [0, 0.05) is 6.54 Å². The van der Waals surface area contributed by atoms with Crippen molar-refractivity contribution in [1.29, 1.82) is 0 Å². The molecule has 0 saturated carbocycles.